The number of aliphatic hydroxyl groups excluding tert-OH is 1. The highest BCUT2D eigenvalue weighted by Gasteiger charge is 2.62. The summed E-state index contributed by atoms with van der Waals surface area (Å²) in [6.45, 7) is 0. The number of nitrogens with zero attached hydrogens (tertiary/aromatic N) is 2. The Morgan fingerprint density at radius 1 is 1.18 bits per heavy atom. The van der Waals surface area contributed by atoms with Crippen LogP contribution in [0, 0.1) is 17.1 Å². The molecule has 3 nitrogen and oxygen atoms in total. The molecule has 2 aromatic rings. The minimum Gasteiger partial charge on any atom is -0.382 e. The van der Waals surface area contributed by atoms with Crippen LogP contribution in [0.2, 0.25) is 0 Å². The first-order chi connectivity index (χ1) is 12.8. The van der Waals surface area contributed by atoms with E-state index in [9.17, 15) is 40.2 Å². The van der Waals surface area contributed by atoms with Crippen molar-refractivity contribution in [3.8, 4) is 11.8 Å². The summed E-state index contributed by atoms with van der Waals surface area (Å²) in [7, 11) is 0. The number of nitriles is 1. The van der Waals surface area contributed by atoms with E-state index in [1.807, 2.05) is 0 Å². The molecular formula is C17H10F8N2O. The summed E-state index contributed by atoms with van der Waals surface area (Å²) in [5.74, 6) is -10.4. The quantitative estimate of drug-likeness (QED) is 0.726. The number of rotatable bonds is 2. The number of fused-ring (bicyclic) bond motifs is 1. The lowest BCUT2D eigenvalue weighted by Gasteiger charge is -2.30. The van der Waals surface area contributed by atoms with Crippen LogP contribution in [-0.4, -0.2) is 21.8 Å². The molecule has 1 unspecified atom stereocenters. The van der Waals surface area contributed by atoms with Gasteiger partial charge in [-0.3, -0.25) is 0 Å². The van der Waals surface area contributed by atoms with Gasteiger partial charge in [-0.05, 0) is 24.6 Å². The fraction of sp³-hybridized carbons (Fsp3) is 0.353. The van der Waals surface area contributed by atoms with Crippen LogP contribution in [0.25, 0.3) is 5.69 Å². The second-order valence-corrected chi connectivity index (χ2v) is 6.28. The average Bonchev–Trinajstić information content (AvgIpc) is 2.98. The molecule has 1 aliphatic carbocycles. The molecule has 11 heteroatoms. The Morgan fingerprint density at radius 3 is 2.39 bits per heavy atom. The summed E-state index contributed by atoms with van der Waals surface area (Å²) in [5, 5.41) is 18.7. The van der Waals surface area contributed by atoms with Gasteiger partial charge in [-0.25, -0.2) is 13.2 Å². The molecule has 3 rings (SSSR count). The molecule has 0 saturated heterocycles. The molecular weight excluding hydrogens is 400 g/mol. The van der Waals surface area contributed by atoms with Crippen molar-refractivity contribution < 1.29 is 40.2 Å². The molecule has 0 bridgehead atoms. The molecule has 1 aliphatic rings. The zero-order valence-electron chi connectivity index (χ0n) is 13.7. The average molecular weight is 410 g/mol. The van der Waals surface area contributed by atoms with Crippen molar-refractivity contribution >= 4 is 0 Å². The number of hydrogen-bond donors (Lipinski definition) is 1. The number of hydrogen-bond acceptors (Lipinski definition) is 2. The fourth-order valence-corrected chi connectivity index (χ4v) is 3.14. The maximum Gasteiger partial charge on any atom is 0.458 e. The van der Waals surface area contributed by atoms with Crippen LogP contribution in [-0.2, 0) is 12.3 Å². The van der Waals surface area contributed by atoms with Gasteiger partial charge in [0.25, 0.3) is 5.92 Å². The number of aliphatic hydroxyl groups is 1. The van der Waals surface area contributed by atoms with Crippen LogP contribution in [0.1, 0.15) is 34.9 Å². The van der Waals surface area contributed by atoms with Gasteiger partial charge in [0.2, 0.25) is 0 Å². The molecule has 0 fully saturated rings. The first-order valence-electron chi connectivity index (χ1n) is 7.76. The predicted octanol–water partition coefficient (Wildman–Crippen LogP) is 4.76. The molecule has 1 aromatic heterocycles. The van der Waals surface area contributed by atoms with Gasteiger partial charge in [0, 0.05) is 29.6 Å². The Balaban J connectivity index is 2.31. The van der Waals surface area contributed by atoms with Crippen molar-refractivity contribution in [1.29, 1.82) is 5.26 Å². The van der Waals surface area contributed by atoms with Crippen LogP contribution in [0.5, 0.6) is 0 Å². The first kappa shape index (κ1) is 20.1. The summed E-state index contributed by atoms with van der Waals surface area (Å²) in [6.07, 6.45) is -10.3. The van der Waals surface area contributed by atoms with Gasteiger partial charge in [-0.15, -0.1) is 0 Å². The third-order valence-corrected chi connectivity index (χ3v) is 4.56. The minimum absolute atomic E-state index is 0.184. The van der Waals surface area contributed by atoms with Gasteiger partial charge in [0.05, 0.1) is 11.1 Å². The maximum absolute atomic E-state index is 14.0. The first-order valence-corrected chi connectivity index (χ1v) is 7.76. The molecule has 1 aromatic carbocycles. The van der Waals surface area contributed by atoms with Crippen LogP contribution >= 0.6 is 0 Å². The van der Waals surface area contributed by atoms with Crippen LogP contribution < -0.4 is 0 Å². The van der Waals surface area contributed by atoms with Gasteiger partial charge < -0.3 is 9.67 Å². The van der Waals surface area contributed by atoms with Crippen molar-refractivity contribution in [2.24, 2.45) is 0 Å². The van der Waals surface area contributed by atoms with E-state index < -0.39 is 65.2 Å². The highest BCUT2D eigenvalue weighted by Crippen LogP contribution is 2.52. The Morgan fingerprint density at radius 2 is 1.82 bits per heavy atom. The lowest BCUT2D eigenvalue weighted by molar-refractivity contribution is -0.290. The van der Waals surface area contributed by atoms with E-state index in [0.29, 0.717) is 0 Å². The van der Waals surface area contributed by atoms with Gasteiger partial charge in [-0.1, -0.05) is 0 Å². The minimum atomic E-state index is -6.10. The molecule has 0 spiro atoms. The Bertz CT molecular complexity index is 971. The Hall–Kier alpha value is -2.61. The molecule has 1 atom stereocenters. The SMILES string of the molecule is N#Cc1cc(-n2cc(C(F)(F)C(F)(F)F)c3c2CCC(F)(F)C3O)ccc1F. The number of halogens is 8. The lowest BCUT2D eigenvalue weighted by Crippen LogP contribution is -2.37. The largest absolute Gasteiger partial charge is 0.458 e. The monoisotopic (exact) mass is 410 g/mol. The molecule has 0 radical (unpaired) electrons. The third-order valence-electron chi connectivity index (χ3n) is 4.56. The zero-order chi connectivity index (χ0) is 21.1. The van der Waals surface area contributed by atoms with E-state index in [0.717, 1.165) is 22.8 Å². The molecule has 0 aliphatic heterocycles. The van der Waals surface area contributed by atoms with E-state index >= 15 is 0 Å². The van der Waals surface area contributed by atoms with E-state index in [2.05, 4.69) is 0 Å². The molecule has 0 amide bonds. The van der Waals surface area contributed by atoms with Crippen molar-refractivity contribution in [1.82, 2.24) is 4.57 Å². The lowest BCUT2D eigenvalue weighted by atomic mass is 9.87. The molecule has 0 saturated carbocycles. The Kier molecular flexibility index (Phi) is 4.46. The third kappa shape index (κ3) is 2.92. The smallest absolute Gasteiger partial charge is 0.382 e. The zero-order valence-corrected chi connectivity index (χ0v) is 13.7. The number of aromatic nitrogens is 1. The topological polar surface area (TPSA) is 49.0 Å². The van der Waals surface area contributed by atoms with Crippen LogP contribution in [0.3, 0.4) is 0 Å². The molecule has 1 heterocycles. The normalized spacial score (nSPS) is 19.2. The summed E-state index contributed by atoms with van der Waals surface area (Å²) in [5.41, 5.74) is -4.14. The standard InChI is InChI=1S/C17H10F8N2O/c18-11-2-1-9(5-8(11)6-26)27-7-10(16(21,22)17(23,24)25)13-12(27)3-4-15(19,20)14(13)28/h1-2,5,7,14,28H,3-4H2. The second-order valence-electron chi connectivity index (χ2n) is 6.28. The second kappa shape index (κ2) is 6.20. The highest BCUT2D eigenvalue weighted by molar-refractivity contribution is 5.50. The number of benzene rings is 1. The van der Waals surface area contributed by atoms with Crippen molar-refractivity contribution in [3.63, 3.8) is 0 Å². The van der Waals surface area contributed by atoms with Gasteiger partial charge >= 0.3 is 12.1 Å². The summed E-state index contributed by atoms with van der Waals surface area (Å²) in [4.78, 5) is 0. The van der Waals surface area contributed by atoms with E-state index in [1.165, 1.54) is 6.07 Å². The van der Waals surface area contributed by atoms with Crippen molar-refractivity contribution in [2.45, 2.75) is 37.0 Å². The summed E-state index contributed by atoms with van der Waals surface area (Å²) >= 11 is 0. The molecule has 1 N–H and O–H groups in total. The maximum atomic E-state index is 14.0. The van der Waals surface area contributed by atoms with Gasteiger partial charge in [0.15, 0.2) is 0 Å². The van der Waals surface area contributed by atoms with Gasteiger partial charge in [0.1, 0.15) is 18.0 Å². The van der Waals surface area contributed by atoms with Crippen LogP contribution in [0.15, 0.2) is 24.4 Å². The summed E-state index contributed by atoms with van der Waals surface area (Å²) in [6, 6.07) is 4.14. The summed E-state index contributed by atoms with van der Waals surface area (Å²) < 4.78 is 109. The van der Waals surface area contributed by atoms with Crippen molar-refractivity contribution in [3.05, 3.63) is 52.6 Å². The number of alkyl halides is 7. The van der Waals surface area contributed by atoms with Gasteiger partial charge in [-0.2, -0.15) is 27.2 Å². The molecule has 28 heavy (non-hydrogen) atoms. The highest BCUT2D eigenvalue weighted by atomic mass is 19.4. The van der Waals surface area contributed by atoms with E-state index in [-0.39, 0.29) is 11.9 Å². The van der Waals surface area contributed by atoms with Crippen LogP contribution in [0.4, 0.5) is 35.1 Å². The van der Waals surface area contributed by atoms with Crippen molar-refractivity contribution in [2.75, 3.05) is 0 Å². The van der Waals surface area contributed by atoms with E-state index in [1.54, 1.807) is 0 Å². The fourth-order valence-electron chi connectivity index (χ4n) is 3.14. The predicted molar refractivity (Wildman–Crippen MR) is 78.6 cm³/mol. The molecule has 150 valence electrons. The Labute approximate surface area is 152 Å². The van der Waals surface area contributed by atoms with E-state index in [4.69, 9.17) is 5.26 Å².